The van der Waals surface area contributed by atoms with Crippen LogP contribution in [0.4, 0.5) is 23.7 Å². The molecule has 0 radical (unpaired) electrons. The van der Waals surface area contributed by atoms with Crippen molar-refractivity contribution in [2.45, 2.75) is 25.6 Å². The van der Waals surface area contributed by atoms with Gasteiger partial charge >= 0.3 is 12.2 Å². The van der Waals surface area contributed by atoms with Crippen molar-refractivity contribution >= 4 is 40.2 Å². The molecule has 1 saturated heterocycles. The van der Waals surface area contributed by atoms with Crippen LogP contribution >= 0.6 is 22.6 Å². The molecule has 5 nitrogen and oxygen atoms in total. The maximum absolute atomic E-state index is 13.1. The lowest BCUT2D eigenvalue weighted by atomic mass is 10.0. The molecule has 0 spiro atoms. The summed E-state index contributed by atoms with van der Waals surface area (Å²) in [6.45, 7) is 3.21. The Bertz CT molecular complexity index is 797. The molecule has 1 aliphatic rings. The van der Waals surface area contributed by atoms with E-state index in [-0.39, 0.29) is 12.2 Å². The molecule has 0 atom stereocenters. The van der Waals surface area contributed by atoms with Crippen LogP contribution in [0.2, 0.25) is 0 Å². The molecular formula is C16H13F3IN3O2. The molecule has 3 amide bonds. The predicted octanol–water partition coefficient (Wildman–Crippen LogP) is 4.07. The number of hydrogen-bond acceptors (Lipinski definition) is 3. The summed E-state index contributed by atoms with van der Waals surface area (Å²) >= 11 is 1.96. The fourth-order valence-corrected chi connectivity index (χ4v) is 2.75. The van der Waals surface area contributed by atoms with Crippen LogP contribution in [0.1, 0.15) is 25.0 Å². The summed E-state index contributed by atoms with van der Waals surface area (Å²) in [6.07, 6.45) is -3.11. The summed E-state index contributed by atoms with van der Waals surface area (Å²) in [4.78, 5) is 27.2. The monoisotopic (exact) mass is 461 g/mol. The van der Waals surface area contributed by atoms with Gasteiger partial charge in [0.25, 0.3) is 5.91 Å². The Morgan fingerprint density at radius 1 is 1.32 bits per heavy atom. The number of anilines is 1. The third-order valence-electron chi connectivity index (χ3n) is 3.89. The number of urea groups is 1. The summed E-state index contributed by atoms with van der Waals surface area (Å²) in [5.41, 5.74) is -3.16. The van der Waals surface area contributed by atoms with Crippen LogP contribution in [-0.2, 0) is 11.0 Å². The van der Waals surface area contributed by atoms with Crippen LogP contribution in [0.3, 0.4) is 0 Å². The van der Waals surface area contributed by atoms with E-state index in [1.54, 1.807) is 10.2 Å². The van der Waals surface area contributed by atoms with Crippen molar-refractivity contribution in [2.75, 3.05) is 11.4 Å². The minimum Gasteiger partial charge on any atom is -0.306 e. The van der Waals surface area contributed by atoms with Gasteiger partial charge in [-0.15, -0.1) is 0 Å². The van der Waals surface area contributed by atoms with Crippen molar-refractivity contribution in [1.29, 1.82) is 5.26 Å². The molecule has 0 aliphatic carbocycles. The lowest BCUT2D eigenvalue weighted by Crippen LogP contribution is -2.44. The minimum atomic E-state index is -4.77. The van der Waals surface area contributed by atoms with Crippen molar-refractivity contribution in [1.82, 2.24) is 4.90 Å². The zero-order valence-corrected chi connectivity index (χ0v) is 15.4. The van der Waals surface area contributed by atoms with E-state index >= 15 is 0 Å². The van der Waals surface area contributed by atoms with Gasteiger partial charge in [0.1, 0.15) is 5.54 Å². The van der Waals surface area contributed by atoms with Gasteiger partial charge in [0.15, 0.2) is 0 Å². The van der Waals surface area contributed by atoms with E-state index in [4.69, 9.17) is 5.26 Å². The molecular weight excluding hydrogens is 448 g/mol. The molecule has 1 aliphatic heterocycles. The van der Waals surface area contributed by atoms with E-state index in [9.17, 15) is 22.8 Å². The van der Waals surface area contributed by atoms with Gasteiger partial charge in [-0.3, -0.25) is 4.79 Å². The fraction of sp³-hybridized carbons (Fsp3) is 0.312. The zero-order chi connectivity index (χ0) is 19.0. The van der Waals surface area contributed by atoms with Crippen molar-refractivity contribution in [2.24, 2.45) is 0 Å². The molecule has 9 heteroatoms. The molecule has 1 fully saturated rings. The highest BCUT2D eigenvalue weighted by molar-refractivity contribution is 14.1. The van der Waals surface area contributed by atoms with Gasteiger partial charge in [-0.2, -0.15) is 18.4 Å². The lowest BCUT2D eigenvalue weighted by molar-refractivity contribution is -0.137. The molecule has 0 bridgehead atoms. The largest absolute Gasteiger partial charge is 0.417 e. The van der Waals surface area contributed by atoms with Gasteiger partial charge in [0.05, 0.1) is 22.9 Å². The van der Waals surface area contributed by atoms with Gasteiger partial charge in [-0.1, -0.05) is 28.7 Å². The molecule has 1 aromatic rings. The Labute approximate surface area is 155 Å². The average Bonchev–Trinajstić information content (AvgIpc) is 2.70. The molecule has 0 unspecified atom stereocenters. The summed E-state index contributed by atoms with van der Waals surface area (Å²) in [6, 6.07) is 3.54. The molecule has 0 aromatic heterocycles. The Kier molecular flexibility index (Phi) is 5.13. The topological polar surface area (TPSA) is 64.4 Å². The number of nitriles is 1. The van der Waals surface area contributed by atoms with Crippen LogP contribution < -0.4 is 4.90 Å². The van der Waals surface area contributed by atoms with Gasteiger partial charge in [0, 0.05) is 6.54 Å². The number of hydrogen-bond donors (Lipinski definition) is 0. The third-order valence-corrected chi connectivity index (χ3v) is 4.40. The van der Waals surface area contributed by atoms with Crippen LogP contribution in [0.5, 0.6) is 0 Å². The molecule has 25 heavy (non-hydrogen) atoms. The highest BCUT2D eigenvalue weighted by atomic mass is 125. The van der Waals surface area contributed by atoms with Gasteiger partial charge in [-0.05, 0) is 36.1 Å². The quantitative estimate of drug-likeness (QED) is 0.504. The lowest BCUT2D eigenvalue weighted by Gasteiger charge is -2.26. The summed E-state index contributed by atoms with van der Waals surface area (Å²) < 4.78 is 41.1. The Balaban J connectivity index is 2.54. The summed E-state index contributed by atoms with van der Waals surface area (Å²) in [5, 5.41) is 8.85. The van der Waals surface area contributed by atoms with Crippen molar-refractivity contribution in [3.63, 3.8) is 0 Å². The van der Waals surface area contributed by atoms with Crippen LogP contribution in [0.15, 0.2) is 28.4 Å². The van der Waals surface area contributed by atoms with E-state index in [0.29, 0.717) is 6.07 Å². The Morgan fingerprint density at radius 2 is 1.96 bits per heavy atom. The standard InChI is InChI=1S/C16H13F3IN3O2/c1-15(2)13(24)23(14(25)22(15)7-3-6-20)11-5-4-10(9-21)12(8-11)16(17,18)19/h3-6,8H,7H2,1-2H3/b6-3+/i20-2. The number of nitrogens with zero attached hydrogens (tertiary/aromatic N) is 3. The van der Waals surface area contributed by atoms with Crippen molar-refractivity contribution in [3.05, 3.63) is 39.5 Å². The maximum Gasteiger partial charge on any atom is 0.417 e. The molecule has 0 saturated carbocycles. The van der Waals surface area contributed by atoms with Crippen LogP contribution in [-0.4, -0.2) is 28.9 Å². The molecule has 0 N–H and O–H groups in total. The van der Waals surface area contributed by atoms with Gasteiger partial charge in [-0.25, -0.2) is 9.69 Å². The summed E-state index contributed by atoms with van der Waals surface area (Å²) in [7, 11) is 0. The van der Waals surface area contributed by atoms with Gasteiger partial charge < -0.3 is 4.90 Å². The second-order valence-electron chi connectivity index (χ2n) is 5.79. The Morgan fingerprint density at radius 3 is 2.48 bits per heavy atom. The normalized spacial score (nSPS) is 17.5. The summed E-state index contributed by atoms with van der Waals surface area (Å²) in [5.74, 6) is -0.628. The van der Waals surface area contributed by atoms with Crippen LogP contribution in [0.25, 0.3) is 0 Å². The molecule has 2 rings (SSSR count). The first-order chi connectivity index (χ1) is 11.6. The number of alkyl halides is 3. The van der Waals surface area contributed by atoms with E-state index < -0.39 is 34.8 Å². The smallest absolute Gasteiger partial charge is 0.306 e. The number of carbonyl (C=O) groups excluding carboxylic acids is 2. The zero-order valence-electron chi connectivity index (χ0n) is 13.3. The Hall–Kier alpha value is -2.09. The average molecular weight is 461 g/mol. The SMILES string of the molecule is CC1(C)C(=O)N(c2ccc(C#N)c(C(F)(F)F)c2)C(=O)N1C/C=C/[125I]. The maximum atomic E-state index is 13.1. The second-order valence-corrected chi connectivity index (χ2v) is 6.51. The van der Waals surface area contributed by atoms with Crippen molar-refractivity contribution in [3.8, 4) is 6.07 Å². The number of benzene rings is 1. The number of halogens is 4. The first-order valence-electron chi connectivity index (χ1n) is 7.08. The van der Waals surface area contributed by atoms with Crippen molar-refractivity contribution < 1.29 is 22.8 Å². The van der Waals surface area contributed by atoms with E-state index in [2.05, 4.69) is 0 Å². The number of rotatable bonds is 3. The van der Waals surface area contributed by atoms with E-state index in [1.165, 1.54) is 24.8 Å². The van der Waals surface area contributed by atoms with Crippen LogP contribution in [0, 0.1) is 11.3 Å². The second kappa shape index (κ2) is 6.67. The number of carbonyl (C=O) groups is 2. The molecule has 1 aromatic carbocycles. The number of amides is 3. The minimum absolute atomic E-state index is 0.152. The highest BCUT2D eigenvalue weighted by Gasteiger charge is 2.51. The highest BCUT2D eigenvalue weighted by Crippen LogP contribution is 2.37. The first kappa shape index (κ1) is 19.2. The third kappa shape index (κ3) is 3.35. The first-order valence-corrected chi connectivity index (χ1v) is 8.33. The van der Waals surface area contributed by atoms with E-state index in [1.807, 2.05) is 22.6 Å². The molecule has 1 heterocycles. The number of imide groups is 1. The molecule has 132 valence electrons. The fourth-order valence-electron chi connectivity index (χ4n) is 2.52. The predicted molar refractivity (Wildman–Crippen MR) is 93.0 cm³/mol. The van der Waals surface area contributed by atoms with Gasteiger partial charge in [0.2, 0.25) is 0 Å². The van der Waals surface area contributed by atoms with E-state index in [0.717, 1.165) is 17.0 Å².